The molecule has 0 bridgehead atoms. The van der Waals surface area contributed by atoms with Crippen molar-refractivity contribution in [3.63, 3.8) is 0 Å². The van der Waals surface area contributed by atoms with Crippen LogP contribution in [0.1, 0.15) is 82.2 Å². The van der Waals surface area contributed by atoms with Crippen molar-refractivity contribution >= 4 is 5.91 Å². The van der Waals surface area contributed by atoms with Crippen LogP contribution in [0.25, 0.3) is 0 Å². The van der Waals surface area contributed by atoms with E-state index < -0.39 is 6.10 Å². The molecule has 0 aliphatic heterocycles. The minimum absolute atomic E-state index is 0.0577. The summed E-state index contributed by atoms with van der Waals surface area (Å²) in [7, 11) is 0. The highest BCUT2D eigenvalue weighted by Gasteiger charge is 2.22. The van der Waals surface area contributed by atoms with E-state index in [9.17, 15) is 4.79 Å². The molecule has 1 aliphatic rings. The first-order valence-electron chi connectivity index (χ1n) is 11.0. The monoisotopic (exact) mass is 393 g/mol. The molecule has 1 aliphatic carbocycles. The Labute approximate surface area is 175 Å². The fourth-order valence-corrected chi connectivity index (χ4v) is 3.93. The molecule has 156 valence electrons. The molecule has 29 heavy (non-hydrogen) atoms. The Kier molecular flexibility index (Phi) is 6.66. The normalized spacial score (nSPS) is 15.9. The van der Waals surface area contributed by atoms with Crippen molar-refractivity contribution in [1.82, 2.24) is 5.32 Å². The lowest BCUT2D eigenvalue weighted by Crippen LogP contribution is -2.39. The smallest absolute Gasteiger partial charge is 0.261 e. The van der Waals surface area contributed by atoms with E-state index in [1.807, 2.05) is 19.9 Å². The highest BCUT2D eigenvalue weighted by molar-refractivity contribution is 5.81. The van der Waals surface area contributed by atoms with Crippen molar-refractivity contribution < 1.29 is 9.53 Å². The molecule has 1 amide bonds. The molecular weight excluding hydrogens is 358 g/mol. The van der Waals surface area contributed by atoms with Gasteiger partial charge in [-0.3, -0.25) is 4.79 Å². The minimum atomic E-state index is -0.479. The highest BCUT2D eigenvalue weighted by atomic mass is 16.5. The average molecular weight is 394 g/mol. The van der Waals surface area contributed by atoms with Crippen LogP contribution in [0.3, 0.4) is 0 Å². The zero-order valence-corrected chi connectivity index (χ0v) is 18.5. The summed E-state index contributed by atoms with van der Waals surface area (Å²) in [4.78, 5) is 12.8. The summed E-state index contributed by atoms with van der Waals surface area (Å²) in [6, 6.07) is 14.8. The van der Waals surface area contributed by atoms with Crippen LogP contribution in [0.4, 0.5) is 0 Å². The first kappa shape index (κ1) is 21.4. The van der Waals surface area contributed by atoms with Gasteiger partial charge in [-0.05, 0) is 78.8 Å². The first-order chi connectivity index (χ1) is 13.8. The molecule has 0 heterocycles. The molecule has 3 nitrogen and oxygen atoms in total. The number of fused-ring (bicyclic) bond motifs is 1. The molecule has 2 aromatic carbocycles. The van der Waals surface area contributed by atoms with Gasteiger partial charge in [0.15, 0.2) is 6.10 Å². The summed E-state index contributed by atoms with van der Waals surface area (Å²) in [5.41, 5.74) is 5.32. The van der Waals surface area contributed by atoms with Gasteiger partial charge in [0.25, 0.3) is 5.91 Å². The molecule has 3 rings (SSSR count). The summed E-state index contributed by atoms with van der Waals surface area (Å²) in [5.74, 6) is 0.743. The van der Waals surface area contributed by atoms with E-state index in [4.69, 9.17) is 4.74 Å². The predicted molar refractivity (Wildman–Crippen MR) is 119 cm³/mol. The van der Waals surface area contributed by atoms with Crippen LogP contribution < -0.4 is 10.1 Å². The van der Waals surface area contributed by atoms with Gasteiger partial charge >= 0.3 is 0 Å². The first-order valence-corrected chi connectivity index (χ1v) is 11.0. The second kappa shape index (κ2) is 9.02. The van der Waals surface area contributed by atoms with Gasteiger partial charge in [-0.15, -0.1) is 0 Å². The molecular formula is C26H35NO2. The van der Waals surface area contributed by atoms with Gasteiger partial charge in [0.2, 0.25) is 0 Å². The molecule has 0 aromatic heterocycles. The van der Waals surface area contributed by atoms with Crippen LogP contribution in [0.5, 0.6) is 5.75 Å². The van der Waals surface area contributed by atoms with Crippen molar-refractivity contribution in [1.29, 1.82) is 0 Å². The fourth-order valence-electron chi connectivity index (χ4n) is 3.93. The maximum absolute atomic E-state index is 12.8. The number of ether oxygens (including phenoxy) is 1. The van der Waals surface area contributed by atoms with Gasteiger partial charge in [-0.25, -0.2) is 0 Å². The van der Waals surface area contributed by atoms with Gasteiger partial charge in [0.05, 0.1) is 6.04 Å². The largest absolute Gasteiger partial charge is 0.481 e. The third-order valence-electron chi connectivity index (χ3n) is 5.90. The molecule has 0 saturated carbocycles. The van der Waals surface area contributed by atoms with E-state index >= 15 is 0 Å². The van der Waals surface area contributed by atoms with E-state index in [0.29, 0.717) is 6.42 Å². The van der Waals surface area contributed by atoms with Crippen LogP contribution in [-0.2, 0) is 23.1 Å². The number of carbonyl (C=O) groups excluding carboxylic acids is 1. The number of carbonyl (C=O) groups is 1. The van der Waals surface area contributed by atoms with Gasteiger partial charge in [-0.2, -0.15) is 0 Å². The van der Waals surface area contributed by atoms with E-state index in [0.717, 1.165) is 24.2 Å². The van der Waals surface area contributed by atoms with Crippen molar-refractivity contribution in [2.45, 2.75) is 84.3 Å². The van der Waals surface area contributed by atoms with Crippen LogP contribution in [0.15, 0.2) is 42.5 Å². The Morgan fingerprint density at radius 1 is 1.03 bits per heavy atom. The molecule has 2 atom stereocenters. The van der Waals surface area contributed by atoms with Crippen LogP contribution in [-0.4, -0.2) is 12.0 Å². The van der Waals surface area contributed by atoms with E-state index in [1.165, 1.54) is 29.5 Å². The lowest BCUT2D eigenvalue weighted by Gasteiger charge is -2.23. The number of aryl methyl sites for hydroxylation is 2. The van der Waals surface area contributed by atoms with E-state index in [-0.39, 0.29) is 17.4 Å². The molecule has 0 spiro atoms. The van der Waals surface area contributed by atoms with Crippen molar-refractivity contribution in [2.24, 2.45) is 0 Å². The van der Waals surface area contributed by atoms with Gasteiger partial charge in [0, 0.05) is 0 Å². The van der Waals surface area contributed by atoms with Gasteiger partial charge in [0.1, 0.15) is 5.75 Å². The summed E-state index contributed by atoms with van der Waals surface area (Å²) in [5, 5.41) is 3.12. The molecule has 3 heteroatoms. The van der Waals surface area contributed by atoms with Crippen LogP contribution in [0.2, 0.25) is 0 Å². The Bertz CT molecular complexity index is 833. The summed E-state index contributed by atoms with van der Waals surface area (Å²) in [6.07, 6.45) is 4.92. The molecule has 1 N–H and O–H groups in total. The SMILES string of the molecule is CC[C@@H](Oc1ccc2c(c1)CCCC2)C(=O)N[C@@H](C)c1ccc(C(C)(C)C)cc1. The molecule has 0 unspecified atom stereocenters. The van der Waals surface area contributed by atoms with Crippen molar-refractivity contribution in [3.8, 4) is 5.75 Å². The third kappa shape index (κ3) is 5.41. The predicted octanol–water partition coefficient (Wildman–Crippen LogP) is 5.90. The molecule has 2 aromatic rings. The minimum Gasteiger partial charge on any atom is -0.481 e. The second-order valence-corrected chi connectivity index (χ2v) is 9.25. The molecule has 0 saturated heterocycles. The zero-order valence-electron chi connectivity index (χ0n) is 18.5. The van der Waals surface area contributed by atoms with Crippen molar-refractivity contribution in [2.75, 3.05) is 0 Å². The highest BCUT2D eigenvalue weighted by Crippen LogP contribution is 2.27. The Morgan fingerprint density at radius 3 is 2.31 bits per heavy atom. The Hall–Kier alpha value is -2.29. The Morgan fingerprint density at radius 2 is 1.69 bits per heavy atom. The number of amides is 1. The Balaban J connectivity index is 1.63. The van der Waals surface area contributed by atoms with Gasteiger partial charge < -0.3 is 10.1 Å². The lowest BCUT2D eigenvalue weighted by atomic mass is 9.86. The average Bonchev–Trinajstić information content (AvgIpc) is 2.71. The summed E-state index contributed by atoms with van der Waals surface area (Å²) < 4.78 is 6.08. The number of rotatable bonds is 6. The molecule has 0 radical (unpaired) electrons. The lowest BCUT2D eigenvalue weighted by molar-refractivity contribution is -0.128. The van der Waals surface area contributed by atoms with Crippen LogP contribution in [0, 0.1) is 0 Å². The second-order valence-electron chi connectivity index (χ2n) is 9.25. The number of benzene rings is 2. The fraction of sp³-hybridized carbons (Fsp3) is 0.500. The maximum atomic E-state index is 12.8. The number of nitrogens with one attached hydrogen (secondary N) is 1. The molecule has 0 fully saturated rings. The summed E-state index contributed by atoms with van der Waals surface area (Å²) in [6.45, 7) is 10.6. The van der Waals surface area contributed by atoms with E-state index in [2.05, 4.69) is 62.5 Å². The standard InChI is InChI=1S/C26H35NO2/c1-6-24(29-23-16-13-20-9-7-8-10-21(20)17-23)25(28)27-18(2)19-11-14-22(15-12-19)26(3,4)5/h11-18,24H,6-10H2,1-5H3,(H,27,28)/t18-,24+/m0/s1. The third-order valence-corrected chi connectivity index (χ3v) is 5.90. The summed E-state index contributed by atoms with van der Waals surface area (Å²) >= 11 is 0. The van der Waals surface area contributed by atoms with Gasteiger partial charge in [-0.1, -0.05) is 58.0 Å². The topological polar surface area (TPSA) is 38.3 Å². The maximum Gasteiger partial charge on any atom is 0.261 e. The van der Waals surface area contributed by atoms with E-state index in [1.54, 1.807) is 0 Å². The number of hydrogen-bond donors (Lipinski definition) is 1. The zero-order chi connectivity index (χ0) is 21.0. The number of hydrogen-bond acceptors (Lipinski definition) is 2. The van der Waals surface area contributed by atoms with Crippen molar-refractivity contribution in [3.05, 3.63) is 64.7 Å². The van der Waals surface area contributed by atoms with Crippen LogP contribution >= 0.6 is 0 Å². The quantitative estimate of drug-likeness (QED) is 0.664.